The second kappa shape index (κ2) is 11.3. The van der Waals surface area contributed by atoms with Crippen LogP contribution in [0, 0.1) is 16.7 Å². The molecule has 8 nitrogen and oxygen atoms in total. The van der Waals surface area contributed by atoms with Gasteiger partial charge in [-0.2, -0.15) is 5.26 Å². The number of carbonyl (C=O) groups excluding carboxylic acids is 1. The molecule has 2 saturated heterocycles. The molecule has 2 aliphatic rings. The molecule has 0 saturated carbocycles. The van der Waals surface area contributed by atoms with Crippen LogP contribution >= 0.6 is 0 Å². The number of carboxylic acid groups (broad SMARTS) is 1. The van der Waals surface area contributed by atoms with Gasteiger partial charge in [0.1, 0.15) is 0 Å². The predicted octanol–water partition coefficient (Wildman–Crippen LogP) is 5.59. The fourth-order valence-corrected chi connectivity index (χ4v) is 5.84. The van der Waals surface area contributed by atoms with Gasteiger partial charge in [-0.15, -0.1) is 0 Å². The topological polar surface area (TPSA) is 91.1 Å². The monoisotopic (exact) mass is 531 g/mol. The number of likely N-dealkylation sites (tertiary alicyclic amines) is 1. The maximum absolute atomic E-state index is 13.2. The quantitative estimate of drug-likeness (QED) is 0.555. The van der Waals surface area contributed by atoms with Gasteiger partial charge in [-0.3, -0.25) is 14.7 Å². The molecular formula is C31H41N5O3. The van der Waals surface area contributed by atoms with Crippen LogP contribution in [-0.4, -0.2) is 77.2 Å². The Bertz CT molecular complexity index is 1220. The van der Waals surface area contributed by atoms with Gasteiger partial charge < -0.3 is 10.0 Å². The summed E-state index contributed by atoms with van der Waals surface area (Å²) in [7, 11) is 1.82. The van der Waals surface area contributed by atoms with E-state index in [1.54, 1.807) is 9.80 Å². The van der Waals surface area contributed by atoms with Gasteiger partial charge in [-0.05, 0) is 66.5 Å². The zero-order valence-electron chi connectivity index (χ0n) is 23.9. The normalized spacial score (nSPS) is 20.9. The molecule has 2 aromatic rings. The summed E-state index contributed by atoms with van der Waals surface area (Å²) >= 11 is 0. The Morgan fingerprint density at radius 1 is 1.08 bits per heavy atom. The van der Waals surface area contributed by atoms with Gasteiger partial charge in [0.05, 0.1) is 17.2 Å². The Balaban J connectivity index is 1.34. The lowest BCUT2D eigenvalue weighted by molar-refractivity contribution is -0.0462. The first-order valence-corrected chi connectivity index (χ1v) is 13.8. The number of anilines is 1. The Kier molecular flexibility index (Phi) is 8.22. The first-order chi connectivity index (χ1) is 18.4. The SMILES string of the molecule is CN(C(=O)N1CCC(c2cccc(C#N)c2)CC1)c1ccc(CN2CCN(C(=O)O)[C@@](C)(C(C)(C)C)C2)cc1. The molecule has 1 atom stereocenters. The van der Waals surface area contributed by atoms with E-state index in [0.717, 1.165) is 30.6 Å². The van der Waals surface area contributed by atoms with Crippen LogP contribution < -0.4 is 4.90 Å². The zero-order valence-corrected chi connectivity index (χ0v) is 23.9. The maximum Gasteiger partial charge on any atom is 0.407 e. The molecule has 1 N–H and O–H groups in total. The third kappa shape index (κ3) is 6.04. The van der Waals surface area contributed by atoms with Crippen molar-refractivity contribution in [3.8, 4) is 6.07 Å². The lowest BCUT2D eigenvalue weighted by Gasteiger charge is -2.54. The molecule has 2 aromatic carbocycles. The van der Waals surface area contributed by atoms with Gasteiger partial charge in [0, 0.05) is 52.0 Å². The van der Waals surface area contributed by atoms with Crippen molar-refractivity contribution in [2.24, 2.45) is 5.41 Å². The molecule has 0 aromatic heterocycles. The molecule has 8 heteroatoms. The van der Waals surface area contributed by atoms with Crippen molar-refractivity contribution in [3.63, 3.8) is 0 Å². The minimum Gasteiger partial charge on any atom is -0.465 e. The van der Waals surface area contributed by atoms with E-state index in [2.05, 4.69) is 49.9 Å². The van der Waals surface area contributed by atoms with Crippen LogP contribution in [0.3, 0.4) is 0 Å². The summed E-state index contributed by atoms with van der Waals surface area (Å²) in [6.07, 6.45) is 0.910. The highest BCUT2D eigenvalue weighted by Gasteiger charge is 2.48. The lowest BCUT2D eigenvalue weighted by Crippen LogP contribution is -2.67. The number of amides is 3. The number of nitrogens with zero attached hydrogens (tertiary/aromatic N) is 5. The van der Waals surface area contributed by atoms with Crippen LogP contribution in [-0.2, 0) is 6.54 Å². The second-order valence-corrected chi connectivity index (χ2v) is 12.2. The summed E-state index contributed by atoms with van der Waals surface area (Å²) in [5, 5.41) is 19.0. The van der Waals surface area contributed by atoms with Crippen molar-refractivity contribution in [1.29, 1.82) is 5.26 Å². The van der Waals surface area contributed by atoms with E-state index >= 15 is 0 Å². The van der Waals surface area contributed by atoms with Crippen molar-refractivity contribution in [2.75, 3.05) is 44.7 Å². The first kappa shape index (κ1) is 28.4. The van der Waals surface area contributed by atoms with Crippen LogP contribution in [0.15, 0.2) is 48.5 Å². The molecule has 2 aliphatic heterocycles. The van der Waals surface area contributed by atoms with Crippen molar-refractivity contribution >= 4 is 17.8 Å². The maximum atomic E-state index is 13.2. The largest absolute Gasteiger partial charge is 0.465 e. The highest BCUT2D eigenvalue weighted by atomic mass is 16.4. The van der Waals surface area contributed by atoms with Crippen molar-refractivity contribution in [2.45, 2.75) is 58.5 Å². The van der Waals surface area contributed by atoms with Gasteiger partial charge in [0.15, 0.2) is 0 Å². The predicted molar refractivity (Wildman–Crippen MR) is 153 cm³/mol. The Hall–Kier alpha value is -3.57. The summed E-state index contributed by atoms with van der Waals surface area (Å²) in [5.41, 5.74) is 3.15. The minimum absolute atomic E-state index is 0.00212. The van der Waals surface area contributed by atoms with Crippen LogP contribution in [0.5, 0.6) is 0 Å². The van der Waals surface area contributed by atoms with Gasteiger partial charge in [-0.25, -0.2) is 9.59 Å². The van der Waals surface area contributed by atoms with E-state index in [9.17, 15) is 20.0 Å². The molecule has 0 unspecified atom stereocenters. The highest BCUT2D eigenvalue weighted by molar-refractivity contribution is 5.91. The first-order valence-electron chi connectivity index (χ1n) is 13.8. The molecule has 208 valence electrons. The lowest BCUT2D eigenvalue weighted by atomic mass is 9.72. The number of piperazine rings is 1. The summed E-state index contributed by atoms with van der Waals surface area (Å²) in [6.45, 7) is 12.3. The number of hydrogen-bond donors (Lipinski definition) is 1. The van der Waals surface area contributed by atoms with Crippen LogP contribution in [0.25, 0.3) is 0 Å². The van der Waals surface area contributed by atoms with E-state index in [1.165, 1.54) is 5.56 Å². The van der Waals surface area contributed by atoms with Gasteiger partial charge >= 0.3 is 12.1 Å². The van der Waals surface area contributed by atoms with Crippen LogP contribution in [0.4, 0.5) is 15.3 Å². The molecule has 0 spiro atoms. The molecule has 4 rings (SSSR count). The van der Waals surface area contributed by atoms with Crippen LogP contribution in [0.1, 0.15) is 63.1 Å². The molecule has 0 aliphatic carbocycles. The fraction of sp³-hybridized carbons (Fsp3) is 0.516. The van der Waals surface area contributed by atoms with Crippen LogP contribution in [0.2, 0.25) is 0 Å². The second-order valence-electron chi connectivity index (χ2n) is 12.2. The van der Waals surface area contributed by atoms with E-state index in [1.807, 2.05) is 49.2 Å². The van der Waals surface area contributed by atoms with E-state index < -0.39 is 11.6 Å². The molecule has 0 radical (unpaired) electrons. The Morgan fingerprint density at radius 2 is 1.74 bits per heavy atom. The minimum atomic E-state index is -0.860. The fourth-order valence-electron chi connectivity index (χ4n) is 5.84. The summed E-state index contributed by atoms with van der Waals surface area (Å²) in [4.78, 5) is 32.7. The molecule has 3 amide bonds. The van der Waals surface area contributed by atoms with E-state index in [0.29, 0.717) is 44.2 Å². The summed E-state index contributed by atoms with van der Waals surface area (Å²) in [6, 6.07) is 18.1. The smallest absolute Gasteiger partial charge is 0.407 e. The number of hydrogen-bond acceptors (Lipinski definition) is 4. The number of rotatable bonds is 4. The van der Waals surface area contributed by atoms with Crippen molar-refractivity contribution in [3.05, 3.63) is 65.2 Å². The number of benzene rings is 2. The van der Waals surface area contributed by atoms with Gasteiger partial charge in [0.2, 0.25) is 0 Å². The van der Waals surface area contributed by atoms with Gasteiger partial charge in [-0.1, -0.05) is 45.0 Å². The standard InChI is InChI=1S/C31H41N5O3/c1-30(2,3)31(4)22-34(17-18-36(31)29(38)39)21-23-9-11-27(12-10-23)33(5)28(37)35-15-13-25(14-16-35)26-8-6-7-24(19-26)20-32/h6-12,19,25H,13-18,21-22H2,1-5H3,(H,38,39)/t31-/m1/s1. The molecule has 0 bridgehead atoms. The average molecular weight is 532 g/mol. The molecule has 2 heterocycles. The highest BCUT2D eigenvalue weighted by Crippen LogP contribution is 2.39. The number of piperidine rings is 1. The molecule has 39 heavy (non-hydrogen) atoms. The Labute approximate surface area is 232 Å². The number of carbonyl (C=O) groups is 2. The van der Waals surface area contributed by atoms with E-state index in [4.69, 9.17) is 0 Å². The third-order valence-electron chi connectivity index (χ3n) is 8.88. The summed E-state index contributed by atoms with van der Waals surface area (Å²) in [5.74, 6) is 0.365. The van der Waals surface area contributed by atoms with E-state index in [-0.39, 0.29) is 11.4 Å². The third-order valence-corrected chi connectivity index (χ3v) is 8.88. The average Bonchev–Trinajstić information content (AvgIpc) is 2.92. The Morgan fingerprint density at radius 3 is 2.33 bits per heavy atom. The van der Waals surface area contributed by atoms with Crippen molar-refractivity contribution in [1.82, 2.24) is 14.7 Å². The number of nitriles is 1. The zero-order chi connectivity index (χ0) is 28.4. The van der Waals surface area contributed by atoms with Gasteiger partial charge in [0.25, 0.3) is 0 Å². The van der Waals surface area contributed by atoms with Crippen molar-refractivity contribution < 1.29 is 14.7 Å². The molecule has 2 fully saturated rings. The molecular weight excluding hydrogens is 490 g/mol. The number of urea groups is 1. The summed E-state index contributed by atoms with van der Waals surface area (Å²) < 4.78 is 0.